The zero-order chi connectivity index (χ0) is 12.3. The molecule has 1 saturated carbocycles. The first kappa shape index (κ1) is 13.9. The summed E-state index contributed by atoms with van der Waals surface area (Å²) >= 11 is 0. The number of hydrogen-bond donors (Lipinski definition) is 1. The van der Waals surface area contributed by atoms with E-state index in [1.54, 1.807) is 0 Å². The molecule has 4 nitrogen and oxygen atoms in total. The van der Waals surface area contributed by atoms with Crippen LogP contribution in [-0.2, 0) is 10.0 Å². The SMILES string of the molecule is CC(C)CS(=O)(=O)N[C@@H]1CCC[C@H]1N(C)C. The Bertz CT molecular complexity index is 312. The van der Waals surface area contributed by atoms with Gasteiger partial charge in [0.2, 0.25) is 10.0 Å². The van der Waals surface area contributed by atoms with Crippen molar-refractivity contribution in [3.63, 3.8) is 0 Å². The molecular weight excluding hydrogens is 224 g/mol. The molecule has 0 saturated heterocycles. The molecule has 0 aromatic heterocycles. The Hall–Kier alpha value is -0.130. The van der Waals surface area contributed by atoms with Crippen LogP contribution in [0, 0.1) is 5.92 Å². The van der Waals surface area contributed by atoms with Crippen LogP contribution in [0.3, 0.4) is 0 Å². The van der Waals surface area contributed by atoms with E-state index >= 15 is 0 Å². The first-order chi connectivity index (χ1) is 7.32. The Kier molecular flexibility index (Phi) is 4.76. The molecule has 0 aliphatic heterocycles. The van der Waals surface area contributed by atoms with Gasteiger partial charge in [0.1, 0.15) is 0 Å². The normalized spacial score (nSPS) is 26.9. The summed E-state index contributed by atoms with van der Waals surface area (Å²) in [5.74, 6) is 0.403. The van der Waals surface area contributed by atoms with Gasteiger partial charge in [-0.05, 0) is 32.9 Å². The maximum Gasteiger partial charge on any atom is 0.212 e. The number of nitrogens with zero attached hydrogens (tertiary/aromatic N) is 1. The fraction of sp³-hybridized carbons (Fsp3) is 1.00. The third-order valence-electron chi connectivity index (χ3n) is 3.03. The summed E-state index contributed by atoms with van der Waals surface area (Å²) in [5.41, 5.74) is 0. The van der Waals surface area contributed by atoms with E-state index in [2.05, 4.69) is 9.62 Å². The van der Waals surface area contributed by atoms with E-state index < -0.39 is 10.0 Å². The molecule has 0 spiro atoms. The second-order valence-electron chi connectivity index (χ2n) is 5.36. The lowest BCUT2D eigenvalue weighted by Gasteiger charge is -2.27. The van der Waals surface area contributed by atoms with Crippen LogP contribution in [0.15, 0.2) is 0 Å². The highest BCUT2D eigenvalue weighted by molar-refractivity contribution is 7.89. The Labute approximate surface area is 99.5 Å². The van der Waals surface area contributed by atoms with Gasteiger partial charge >= 0.3 is 0 Å². The van der Waals surface area contributed by atoms with Crippen LogP contribution < -0.4 is 4.72 Å². The molecule has 1 fully saturated rings. The molecule has 2 atom stereocenters. The molecule has 1 rings (SSSR count). The van der Waals surface area contributed by atoms with Gasteiger partial charge < -0.3 is 4.90 Å². The standard InChI is InChI=1S/C11H24N2O2S/c1-9(2)8-16(14,15)12-10-6-5-7-11(10)13(3)4/h9-12H,5-8H2,1-4H3/t10-,11-/m1/s1. The minimum absolute atomic E-state index is 0.0961. The quantitative estimate of drug-likeness (QED) is 0.791. The molecule has 0 aromatic rings. The van der Waals surface area contributed by atoms with Crippen LogP contribution in [0.5, 0.6) is 0 Å². The molecule has 1 N–H and O–H groups in total. The van der Waals surface area contributed by atoms with Gasteiger partial charge in [-0.2, -0.15) is 0 Å². The van der Waals surface area contributed by atoms with Gasteiger partial charge in [0, 0.05) is 12.1 Å². The average molecular weight is 248 g/mol. The summed E-state index contributed by atoms with van der Waals surface area (Å²) in [4.78, 5) is 2.12. The van der Waals surface area contributed by atoms with Crippen LogP contribution in [0.1, 0.15) is 33.1 Å². The Morgan fingerprint density at radius 3 is 2.44 bits per heavy atom. The number of rotatable bonds is 5. The third-order valence-corrected chi connectivity index (χ3v) is 4.79. The molecule has 0 radical (unpaired) electrons. The molecule has 96 valence electrons. The topological polar surface area (TPSA) is 49.4 Å². The molecule has 0 bridgehead atoms. The zero-order valence-electron chi connectivity index (χ0n) is 10.7. The molecule has 1 aliphatic carbocycles. The first-order valence-electron chi connectivity index (χ1n) is 5.98. The van der Waals surface area contributed by atoms with Crippen molar-refractivity contribution in [2.75, 3.05) is 19.8 Å². The lowest BCUT2D eigenvalue weighted by Crippen LogP contribution is -2.47. The lowest BCUT2D eigenvalue weighted by atomic mass is 10.2. The van der Waals surface area contributed by atoms with Crippen LogP contribution in [-0.4, -0.2) is 45.2 Å². The predicted molar refractivity (Wildman–Crippen MR) is 66.9 cm³/mol. The third kappa shape index (κ3) is 4.03. The molecule has 0 unspecified atom stereocenters. The number of hydrogen-bond acceptors (Lipinski definition) is 3. The Morgan fingerprint density at radius 2 is 1.94 bits per heavy atom. The largest absolute Gasteiger partial charge is 0.305 e. The number of nitrogens with one attached hydrogen (secondary N) is 1. The minimum Gasteiger partial charge on any atom is -0.305 e. The highest BCUT2D eigenvalue weighted by Crippen LogP contribution is 2.23. The van der Waals surface area contributed by atoms with Gasteiger partial charge in [-0.15, -0.1) is 0 Å². The van der Waals surface area contributed by atoms with E-state index in [0.717, 1.165) is 19.3 Å². The number of sulfonamides is 1. The van der Waals surface area contributed by atoms with E-state index in [4.69, 9.17) is 0 Å². The summed E-state index contributed by atoms with van der Waals surface area (Å²) in [6.07, 6.45) is 3.15. The van der Waals surface area contributed by atoms with Gasteiger partial charge in [-0.25, -0.2) is 13.1 Å². The van der Waals surface area contributed by atoms with Crippen molar-refractivity contribution >= 4 is 10.0 Å². The van der Waals surface area contributed by atoms with Crippen LogP contribution in [0.2, 0.25) is 0 Å². The smallest absolute Gasteiger partial charge is 0.212 e. The van der Waals surface area contributed by atoms with Gasteiger partial charge in [-0.3, -0.25) is 0 Å². The molecule has 1 aliphatic rings. The Morgan fingerprint density at radius 1 is 1.31 bits per heavy atom. The van der Waals surface area contributed by atoms with Crippen molar-refractivity contribution in [2.24, 2.45) is 5.92 Å². The predicted octanol–water partition coefficient (Wildman–Crippen LogP) is 1.04. The second-order valence-corrected chi connectivity index (χ2v) is 7.16. The monoisotopic (exact) mass is 248 g/mol. The van der Waals surface area contributed by atoms with E-state index in [0.29, 0.717) is 6.04 Å². The fourth-order valence-corrected chi connectivity index (χ4v) is 4.12. The molecule has 0 aromatic carbocycles. The highest BCUT2D eigenvalue weighted by Gasteiger charge is 2.31. The summed E-state index contributed by atoms with van der Waals surface area (Å²) in [6.45, 7) is 3.86. The van der Waals surface area contributed by atoms with Crippen LogP contribution >= 0.6 is 0 Å². The molecular formula is C11H24N2O2S. The molecule has 16 heavy (non-hydrogen) atoms. The van der Waals surface area contributed by atoms with Crippen molar-refractivity contribution in [3.8, 4) is 0 Å². The van der Waals surface area contributed by atoms with E-state index in [1.165, 1.54) is 0 Å². The fourth-order valence-electron chi connectivity index (χ4n) is 2.41. The highest BCUT2D eigenvalue weighted by atomic mass is 32.2. The summed E-state index contributed by atoms with van der Waals surface area (Å²) < 4.78 is 26.5. The van der Waals surface area contributed by atoms with Crippen LogP contribution in [0.4, 0.5) is 0 Å². The van der Waals surface area contributed by atoms with Gasteiger partial charge in [0.15, 0.2) is 0 Å². The summed E-state index contributed by atoms with van der Waals surface area (Å²) in [6, 6.07) is 0.445. The summed E-state index contributed by atoms with van der Waals surface area (Å²) in [7, 11) is 0.920. The Balaban J connectivity index is 2.59. The molecule has 0 amide bonds. The van der Waals surface area contributed by atoms with Crippen molar-refractivity contribution < 1.29 is 8.42 Å². The first-order valence-corrected chi connectivity index (χ1v) is 7.63. The van der Waals surface area contributed by atoms with Gasteiger partial charge in [0.25, 0.3) is 0 Å². The van der Waals surface area contributed by atoms with Crippen molar-refractivity contribution in [1.29, 1.82) is 0 Å². The zero-order valence-corrected chi connectivity index (χ0v) is 11.5. The van der Waals surface area contributed by atoms with Crippen molar-refractivity contribution in [1.82, 2.24) is 9.62 Å². The molecule has 0 heterocycles. The van der Waals surface area contributed by atoms with E-state index in [9.17, 15) is 8.42 Å². The van der Waals surface area contributed by atoms with E-state index in [1.807, 2.05) is 27.9 Å². The van der Waals surface area contributed by atoms with Crippen LogP contribution in [0.25, 0.3) is 0 Å². The second kappa shape index (κ2) is 5.47. The maximum atomic E-state index is 11.8. The van der Waals surface area contributed by atoms with Gasteiger partial charge in [0.05, 0.1) is 5.75 Å². The lowest BCUT2D eigenvalue weighted by molar-refractivity contribution is 0.267. The minimum atomic E-state index is -3.11. The maximum absolute atomic E-state index is 11.8. The van der Waals surface area contributed by atoms with E-state index in [-0.39, 0.29) is 17.7 Å². The van der Waals surface area contributed by atoms with Crippen molar-refractivity contribution in [3.05, 3.63) is 0 Å². The van der Waals surface area contributed by atoms with Gasteiger partial charge in [-0.1, -0.05) is 20.3 Å². The molecule has 5 heteroatoms. The average Bonchev–Trinajstić information content (AvgIpc) is 2.48. The van der Waals surface area contributed by atoms with Crippen molar-refractivity contribution in [2.45, 2.75) is 45.2 Å². The number of likely N-dealkylation sites (N-methyl/N-ethyl adjacent to an activating group) is 1. The summed E-state index contributed by atoms with van der Waals surface area (Å²) in [5, 5.41) is 0.